The SMILES string of the molecule is CC(C)(C)OC(=O)N1CCC(NC(=O)C2CCN(C(=O)c3cccs3)CC2)CC1. The van der Waals surface area contributed by atoms with Gasteiger partial charge >= 0.3 is 6.09 Å². The van der Waals surface area contributed by atoms with Crippen LogP contribution in [0.4, 0.5) is 4.79 Å². The van der Waals surface area contributed by atoms with Crippen LogP contribution in [0.1, 0.15) is 56.1 Å². The van der Waals surface area contributed by atoms with Gasteiger partial charge in [-0.3, -0.25) is 9.59 Å². The Labute approximate surface area is 176 Å². The van der Waals surface area contributed by atoms with Gasteiger partial charge in [-0.2, -0.15) is 0 Å². The molecule has 0 aromatic carbocycles. The summed E-state index contributed by atoms with van der Waals surface area (Å²) in [5, 5.41) is 5.05. The van der Waals surface area contributed by atoms with Crippen molar-refractivity contribution in [2.45, 2.75) is 58.1 Å². The van der Waals surface area contributed by atoms with E-state index in [1.807, 2.05) is 43.2 Å². The number of carbonyl (C=O) groups excluding carboxylic acids is 3. The number of carbonyl (C=O) groups is 3. The van der Waals surface area contributed by atoms with Crippen molar-refractivity contribution in [1.82, 2.24) is 15.1 Å². The highest BCUT2D eigenvalue weighted by molar-refractivity contribution is 7.12. The zero-order valence-corrected chi connectivity index (χ0v) is 18.3. The third-order valence-electron chi connectivity index (χ3n) is 5.38. The molecule has 3 rings (SSSR count). The molecule has 1 aromatic heterocycles. The molecular formula is C21H31N3O4S. The molecule has 8 heteroatoms. The van der Waals surface area contributed by atoms with Crippen molar-refractivity contribution in [2.24, 2.45) is 5.92 Å². The minimum Gasteiger partial charge on any atom is -0.444 e. The lowest BCUT2D eigenvalue weighted by molar-refractivity contribution is -0.127. The molecule has 7 nitrogen and oxygen atoms in total. The Kier molecular flexibility index (Phi) is 6.82. The first-order chi connectivity index (χ1) is 13.7. The topological polar surface area (TPSA) is 79.0 Å². The summed E-state index contributed by atoms with van der Waals surface area (Å²) in [6.45, 7) is 7.99. The Balaban J connectivity index is 1.39. The number of hydrogen-bond acceptors (Lipinski definition) is 5. The first-order valence-electron chi connectivity index (χ1n) is 10.3. The highest BCUT2D eigenvalue weighted by atomic mass is 32.1. The Morgan fingerprint density at radius 3 is 2.21 bits per heavy atom. The Bertz CT molecular complexity index is 713. The maximum atomic E-state index is 12.7. The number of rotatable bonds is 3. The second kappa shape index (κ2) is 9.15. The molecule has 0 radical (unpaired) electrons. The fourth-order valence-electron chi connectivity index (χ4n) is 3.75. The van der Waals surface area contributed by atoms with Gasteiger partial charge in [-0.1, -0.05) is 6.07 Å². The molecule has 2 fully saturated rings. The summed E-state index contributed by atoms with van der Waals surface area (Å²) >= 11 is 1.45. The quantitative estimate of drug-likeness (QED) is 0.813. The number of piperidine rings is 2. The van der Waals surface area contributed by atoms with Gasteiger partial charge in [0.25, 0.3) is 5.91 Å². The average molecular weight is 422 g/mol. The molecule has 0 aliphatic carbocycles. The first kappa shape index (κ1) is 21.6. The van der Waals surface area contributed by atoms with Crippen molar-refractivity contribution >= 4 is 29.2 Å². The summed E-state index contributed by atoms with van der Waals surface area (Å²) in [5.41, 5.74) is -0.498. The second-order valence-corrected chi connectivity index (χ2v) is 9.74. The van der Waals surface area contributed by atoms with Gasteiger partial charge in [0.1, 0.15) is 5.60 Å². The van der Waals surface area contributed by atoms with Crippen LogP contribution in [-0.2, 0) is 9.53 Å². The molecule has 0 atom stereocenters. The van der Waals surface area contributed by atoms with Gasteiger partial charge in [-0.15, -0.1) is 11.3 Å². The van der Waals surface area contributed by atoms with E-state index in [-0.39, 0.29) is 29.9 Å². The molecule has 2 aliphatic heterocycles. The maximum absolute atomic E-state index is 12.7. The lowest BCUT2D eigenvalue weighted by Gasteiger charge is -2.35. The van der Waals surface area contributed by atoms with Crippen LogP contribution in [-0.4, -0.2) is 65.5 Å². The number of nitrogens with one attached hydrogen (secondary N) is 1. The Hall–Kier alpha value is -2.09. The molecule has 1 aromatic rings. The molecule has 1 N–H and O–H groups in total. The zero-order valence-electron chi connectivity index (χ0n) is 17.5. The van der Waals surface area contributed by atoms with Crippen LogP contribution in [0, 0.1) is 5.92 Å². The van der Waals surface area contributed by atoms with E-state index in [1.165, 1.54) is 11.3 Å². The average Bonchev–Trinajstić information content (AvgIpc) is 3.21. The summed E-state index contributed by atoms with van der Waals surface area (Å²) in [6, 6.07) is 3.81. The van der Waals surface area contributed by atoms with Crippen molar-refractivity contribution in [2.75, 3.05) is 26.2 Å². The summed E-state index contributed by atoms with van der Waals surface area (Å²) in [6.07, 6.45) is 2.57. The second-order valence-electron chi connectivity index (χ2n) is 8.79. The zero-order chi connectivity index (χ0) is 21.0. The molecule has 160 valence electrons. The number of ether oxygens (including phenoxy) is 1. The van der Waals surface area contributed by atoms with Crippen LogP contribution in [0.5, 0.6) is 0 Å². The van der Waals surface area contributed by atoms with Gasteiger partial charge in [0.15, 0.2) is 0 Å². The van der Waals surface area contributed by atoms with E-state index in [2.05, 4.69) is 5.32 Å². The van der Waals surface area contributed by atoms with E-state index in [0.29, 0.717) is 39.0 Å². The summed E-state index contributed by atoms with van der Waals surface area (Å²) in [5.74, 6) is 0.0867. The predicted molar refractivity (Wildman–Crippen MR) is 112 cm³/mol. The monoisotopic (exact) mass is 421 g/mol. The van der Waals surface area contributed by atoms with Crippen molar-refractivity contribution in [1.29, 1.82) is 0 Å². The van der Waals surface area contributed by atoms with E-state index >= 15 is 0 Å². The normalized spacial score (nSPS) is 19.1. The van der Waals surface area contributed by atoms with E-state index in [4.69, 9.17) is 4.74 Å². The number of nitrogens with zero attached hydrogens (tertiary/aromatic N) is 2. The molecule has 29 heavy (non-hydrogen) atoms. The van der Waals surface area contributed by atoms with Gasteiger partial charge in [-0.25, -0.2) is 4.79 Å². The minimum absolute atomic E-state index is 0.0497. The van der Waals surface area contributed by atoms with Gasteiger partial charge in [0.2, 0.25) is 5.91 Å². The van der Waals surface area contributed by atoms with Crippen molar-refractivity contribution in [3.8, 4) is 0 Å². The molecule has 2 saturated heterocycles. The van der Waals surface area contributed by atoms with Crippen LogP contribution < -0.4 is 5.32 Å². The van der Waals surface area contributed by atoms with Crippen molar-refractivity contribution in [3.05, 3.63) is 22.4 Å². The predicted octanol–water partition coefficient (Wildman–Crippen LogP) is 3.12. The fourth-order valence-corrected chi connectivity index (χ4v) is 4.44. The molecule has 3 amide bonds. The number of hydrogen-bond donors (Lipinski definition) is 1. The summed E-state index contributed by atoms with van der Waals surface area (Å²) in [7, 11) is 0. The number of amides is 3. The fraction of sp³-hybridized carbons (Fsp3) is 0.667. The lowest BCUT2D eigenvalue weighted by Crippen LogP contribution is -2.50. The van der Waals surface area contributed by atoms with E-state index in [0.717, 1.165) is 17.7 Å². The van der Waals surface area contributed by atoms with Crippen LogP contribution in [0.25, 0.3) is 0 Å². The lowest BCUT2D eigenvalue weighted by atomic mass is 9.94. The van der Waals surface area contributed by atoms with Crippen LogP contribution >= 0.6 is 11.3 Å². The van der Waals surface area contributed by atoms with Crippen LogP contribution in [0.2, 0.25) is 0 Å². The van der Waals surface area contributed by atoms with Crippen molar-refractivity contribution < 1.29 is 19.1 Å². The van der Waals surface area contributed by atoms with Crippen LogP contribution in [0.3, 0.4) is 0 Å². The summed E-state index contributed by atoms with van der Waals surface area (Å²) < 4.78 is 5.41. The minimum atomic E-state index is -0.498. The third-order valence-corrected chi connectivity index (χ3v) is 6.24. The van der Waals surface area contributed by atoms with E-state index in [9.17, 15) is 14.4 Å². The van der Waals surface area contributed by atoms with E-state index < -0.39 is 5.60 Å². The molecule has 0 saturated carbocycles. The Morgan fingerprint density at radius 1 is 1.03 bits per heavy atom. The standard InChI is InChI=1S/C21H31N3O4S/c1-21(2,3)28-20(27)24-12-8-16(9-13-24)22-18(25)15-6-10-23(11-7-15)19(26)17-5-4-14-29-17/h4-5,14-16H,6-13H2,1-3H3,(H,22,25). The van der Waals surface area contributed by atoms with Gasteiger partial charge < -0.3 is 19.9 Å². The maximum Gasteiger partial charge on any atom is 0.410 e. The van der Waals surface area contributed by atoms with Crippen molar-refractivity contribution in [3.63, 3.8) is 0 Å². The van der Waals surface area contributed by atoms with Gasteiger partial charge in [0.05, 0.1) is 4.88 Å². The summed E-state index contributed by atoms with van der Waals surface area (Å²) in [4.78, 5) is 41.5. The van der Waals surface area contributed by atoms with Gasteiger partial charge in [-0.05, 0) is 57.9 Å². The highest BCUT2D eigenvalue weighted by Gasteiger charge is 2.31. The largest absolute Gasteiger partial charge is 0.444 e. The molecule has 3 heterocycles. The third kappa shape index (κ3) is 5.95. The Morgan fingerprint density at radius 2 is 1.66 bits per heavy atom. The molecule has 2 aliphatic rings. The smallest absolute Gasteiger partial charge is 0.410 e. The van der Waals surface area contributed by atoms with E-state index in [1.54, 1.807) is 4.90 Å². The van der Waals surface area contributed by atoms with Gasteiger partial charge in [0, 0.05) is 38.1 Å². The first-order valence-corrected chi connectivity index (χ1v) is 11.2. The molecular weight excluding hydrogens is 390 g/mol. The molecule has 0 bridgehead atoms. The number of likely N-dealkylation sites (tertiary alicyclic amines) is 2. The number of thiophene rings is 1. The van der Waals surface area contributed by atoms with Crippen LogP contribution in [0.15, 0.2) is 17.5 Å². The highest BCUT2D eigenvalue weighted by Crippen LogP contribution is 2.22. The molecule has 0 spiro atoms. The molecule has 0 unspecified atom stereocenters.